The Balaban J connectivity index is 1.94. The van der Waals surface area contributed by atoms with Crippen molar-refractivity contribution in [2.75, 3.05) is 0 Å². The summed E-state index contributed by atoms with van der Waals surface area (Å²) < 4.78 is 2.01. The van der Waals surface area contributed by atoms with Gasteiger partial charge in [-0.15, -0.1) is 0 Å². The number of halogens is 2. The fourth-order valence-corrected chi connectivity index (χ4v) is 3.12. The summed E-state index contributed by atoms with van der Waals surface area (Å²) in [7, 11) is 0. The first-order valence-electron chi connectivity index (χ1n) is 7.10. The van der Waals surface area contributed by atoms with Crippen LogP contribution in [0.1, 0.15) is 21.7 Å². The Morgan fingerprint density at radius 1 is 1.22 bits per heavy atom. The molecule has 0 aliphatic heterocycles. The number of aromatic carboxylic acids is 1. The first-order chi connectivity index (χ1) is 11.0. The van der Waals surface area contributed by atoms with Gasteiger partial charge >= 0.3 is 5.97 Å². The van der Waals surface area contributed by atoms with E-state index in [-0.39, 0.29) is 5.56 Å². The second kappa shape index (κ2) is 6.22. The molecule has 1 heterocycles. The van der Waals surface area contributed by atoms with Gasteiger partial charge in [0.15, 0.2) is 0 Å². The minimum absolute atomic E-state index is 0.253. The number of carboxylic acid groups (broad SMARTS) is 1. The fraction of sp³-hybridized carbons (Fsp3) is 0.176. The molecule has 118 valence electrons. The van der Waals surface area contributed by atoms with Crippen LogP contribution in [0.2, 0.25) is 10.0 Å². The highest BCUT2D eigenvalue weighted by Gasteiger charge is 2.11. The van der Waals surface area contributed by atoms with E-state index >= 15 is 0 Å². The van der Waals surface area contributed by atoms with Gasteiger partial charge in [0.2, 0.25) is 0 Å². The normalized spacial score (nSPS) is 11.1. The van der Waals surface area contributed by atoms with E-state index in [9.17, 15) is 4.79 Å². The summed E-state index contributed by atoms with van der Waals surface area (Å²) in [5.41, 5.74) is 2.84. The molecule has 0 atom stereocenters. The molecule has 6 heteroatoms. The molecule has 2 aromatic carbocycles. The van der Waals surface area contributed by atoms with E-state index in [0.717, 1.165) is 22.4 Å². The predicted octanol–water partition coefficient (Wildman–Crippen LogP) is 4.59. The van der Waals surface area contributed by atoms with E-state index in [1.54, 1.807) is 24.3 Å². The molecule has 3 aromatic rings. The third-order valence-electron chi connectivity index (χ3n) is 3.81. The third-order valence-corrected chi connectivity index (χ3v) is 4.39. The molecule has 23 heavy (non-hydrogen) atoms. The summed E-state index contributed by atoms with van der Waals surface area (Å²) in [5.74, 6) is -0.106. The van der Waals surface area contributed by atoms with Gasteiger partial charge in [0, 0.05) is 16.6 Å². The molecule has 0 unspecified atom stereocenters. The number of benzene rings is 2. The van der Waals surface area contributed by atoms with Gasteiger partial charge in [0.1, 0.15) is 5.82 Å². The van der Waals surface area contributed by atoms with Gasteiger partial charge in [-0.3, -0.25) is 0 Å². The molecule has 4 nitrogen and oxygen atoms in total. The highest BCUT2D eigenvalue weighted by atomic mass is 35.5. The molecule has 0 radical (unpaired) electrons. The van der Waals surface area contributed by atoms with E-state index in [1.807, 2.05) is 23.6 Å². The number of fused-ring (bicyclic) bond motifs is 1. The molecule has 0 amide bonds. The number of imidazole rings is 1. The number of aryl methyl sites for hydroxylation is 3. The van der Waals surface area contributed by atoms with Crippen molar-refractivity contribution >= 4 is 40.2 Å². The molecular formula is C17H14Cl2N2O2. The van der Waals surface area contributed by atoms with Gasteiger partial charge in [-0.2, -0.15) is 0 Å². The Morgan fingerprint density at radius 3 is 2.70 bits per heavy atom. The number of hydrogen-bond donors (Lipinski definition) is 1. The largest absolute Gasteiger partial charge is 0.478 e. The average molecular weight is 349 g/mol. The van der Waals surface area contributed by atoms with Gasteiger partial charge in [-0.1, -0.05) is 29.3 Å². The van der Waals surface area contributed by atoms with Crippen LogP contribution in [0.25, 0.3) is 11.0 Å². The third kappa shape index (κ3) is 3.19. The van der Waals surface area contributed by atoms with E-state index in [2.05, 4.69) is 4.98 Å². The monoisotopic (exact) mass is 348 g/mol. The predicted molar refractivity (Wildman–Crippen MR) is 91.6 cm³/mol. The average Bonchev–Trinajstić information content (AvgIpc) is 2.81. The van der Waals surface area contributed by atoms with Crippen molar-refractivity contribution in [3.63, 3.8) is 0 Å². The summed E-state index contributed by atoms with van der Waals surface area (Å²) in [4.78, 5) is 15.6. The van der Waals surface area contributed by atoms with Gasteiger partial charge in [0.25, 0.3) is 0 Å². The highest BCUT2D eigenvalue weighted by molar-refractivity contribution is 6.35. The Kier molecular flexibility index (Phi) is 4.28. The molecule has 3 rings (SSSR count). The number of rotatable bonds is 4. The van der Waals surface area contributed by atoms with Crippen LogP contribution < -0.4 is 0 Å². The lowest BCUT2D eigenvalue weighted by atomic mass is 10.1. The number of carbonyl (C=O) groups is 1. The van der Waals surface area contributed by atoms with Crippen LogP contribution in [-0.4, -0.2) is 20.6 Å². The molecule has 0 fully saturated rings. The molecule has 0 bridgehead atoms. The number of hydrogen-bond acceptors (Lipinski definition) is 2. The summed E-state index contributed by atoms with van der Waals surface area (Å²) in [5, 5.41) is 10.4. The smallest absolute Gasteiger partial charge is 0.335 e. The Hall–Kier alpha value is -2.04. The summed E-state index contributed by atoms with van der Waals surface area (Å²) in [6.45, 7) is 2.57. The van der Waals surface area contributed by atoms with Crippen LogP contribution in [0.5, 0.6) is 0 Å². The zero-order valence-electron chi connectivity index (χ0n) is 12.4. The van der Waals surface area contributed by atoms with Crippen LogP contribution in [0.15, 0.2) is 36.4 Å². The minimum Gasteiger partial charge on any atom is -0.478 e. The van der Waals surface area contributed by atoms with Crippen LogP contribution in [0.4, 0.5) is 0 Å². The molecule has 0 aliphatic carbocycles. The topological polar surface area (TPSA) is 55.1 Å². The maximum absolute atomic E-state index is 11.2. The van der Waals surface area contributed by atoms with Crippen LogP contribution in [0, 0.1) is 6.92 Å². The zero-order chi connectivity index (χ0) is 16.6. The van der Waals surface area contributed by atoms with E-state index < -0.39 is 5.97 Å². The second-order valence-electron chi connectivity index (χ2n) is 5.31. The fourth-order valence-electron chi connectivity index (χ4n) is 2.62. The van der Waals surface area contributed by atoms with Gasteiger partial charge < -0.3 is 9.67 Å². The molecule has 1 aromatic heterocycles. The highest BCUT2D eigenvalue weighted by Crippen LogP contribution is 2.23. The van der Waals surface area contributed by atoms with E-state index in [4.69, 9.17) is 28.3 Å². The Bertz CT molecular complexity index is 903. The van der Waals surface area contributed by atoms with Crippen LogP contribution >= 0.6 is 23.2 Å². The SMILES string of the molecule is Cc1nc2ccc(C(=O)O)cc2n1CCc1ccc(Cl)cc1Cl. The summed E-state index contributed by atoms with van der Waals surface area (Å²) in [6, 6.07) is 10.4. The van der Waals surface area contributed by atoms with Crippen LogP contribution in [0.3, 0.4) is 0 Å². The number of carboxylic acids is 1. The molecule has 0 spiro atoms. The molecule has 0 saturated heterocycles. The lowest BCUT2D eigenvalue weighted by Crippen LogP contribution is -2.04. The molecule has 1 N–H and O–H groups in total. The van der Waals surface area contributed by atoms with Crippen molar-refractivity contribution < 1.29 is 9.90 Å². The molecule has 0 aliphatic rings. The lowest BCUT2D eigenvalue weighted by Gasteiger charge is -2.09. The Morgan fingerprint density at radius 2 is 2.00 bits per heavy atom. The standard InChI is InChI=1S/C17H14Cl2N2O2/c1-10-20-15-5-3-12(17(22)23)8-16(15)21(10)7-6-11-2-4-13(18)9-14(11)19/h2-5,8-9H,6-7H2,1H3,(H,22,23). The van der Waals surface area contributed by atoms with Gasteiger partial charge in [-0.25, -0.2) is 9.78 Å². The van der Waals surface area contributed by atoms with Crippen molar-refractivity contribution in [1.82, 2.24) is 9.55 Å². The Labute approximate surface area is 143 Å². The van der Waals surface area contributed by atoms with Gasteiger partial charge in [-0.05, 0) is 49.2 Å². The first-order valence-corrected chi connectivity index (χ1v) is 7.85. The van der Waals surface area contributed by atoms with Crippen molar-refractivity contribution in [3.05, 3.63) is 63.4 Å². The lowest BCUT2D eigenvalue weighted by molar-refractivity contribution is 0.0697. The minimum atomic E-state index is -0.946. The van der Waals surface area contributed by atoms with Crippen LogP contribution in [-0.2, 0) is 13.0 Å². The van der Waals surface area contributed by atoms with E-state index in [0.29, 0.717) is 23.0 Å². The molecule has 0 saturated carbocycles. The van der Waals surface area contributed by atoms with Gasteiger partial charge in [0.05, 0.1) is 16.6 Å². The maximum Gasteiger partial charge on any atom is 0.335 e. The summed E-state index contributed by atoms with van der Waals surface area (Å²) >= 11 is 12.1. The van der Waals surface area contributed by atoms with E-state index in [1.165, 1.54) is 0 Å². The van der Waals surface area contributed by atoms with Crippen molar-refractivity contribution in [2.45, 2.75) is 19.9 Å². The van der Waals surface area contributed by atoms with Crippen molar-refractivity contribution in [2.24, 2.45) is 0 Å². The zero-order valence-corrected chi connectivity index (χ0v) is 13.9. The quantitative estimate of drug-likeness (QED) is 0.749. The maximum atomic E-state index is 11.2. The van der Waals surface area contributed by atoms with Crippen molar-refractivity contribution in [1.29, 1.82) is 0 Å². The summed E-state index contributed by atoms with van der Waals surface area (Å²) in [6.07, 6.45) is 0.708. The first kappa shape index (κ1) is 15.8. The molecular weight excluding hydrogens is 335 g/mol. The number of aromatic nitrogens is 2. The van der Waals surface area contributed by atoms with Crippen molar-refractivity contribution in [3.8, 4) is 0 Å². The number of nitrogens with zero attached hydrogens (tertiary/aromatic N) is 2. The second-order valence-corrected chi connectivity index (χ2v) is 6.15.